The number of halogens is 1. The molecule has 7 heteroatoms. The molecule has 0 bridgehead atoms. The van der Waals surface area contributed by atoms with E-state index in [1.807, 2.05) is 0 Å². The van der Waals surface area contributed by atoms with E-state index in [-0.39, 0.29) is 4.90 Å². The van der Waals surface area contributed by atoms with Crippen molar-refractivity contribution in [2.24, 2.45) is 0 Å². The fourth-order valence-corrected chi connectivity index (χ4v) is 3.65. The average Bonchev–Trinajstić information content (AvgIpc) is 2.47. The summed E-state index contributed by atoms with van der Waals surface area (Å²) in [4.78, 5) is 4.40. The molecule has 21 heavy (non-hydrogen) atoms. The third kappa shape index (κ3) is 3.52. The molecule has 0 unspecified atom stereocenters. The van der Waals surface area contributed by atoms with Gasteiger partial charge in [-0.15, -0.1) is 0 Å². The Labute approximate surface area is 129 Å². The van der Waals surface area contributed by atoms with Crippen molar-refractivity contribution in [2.45, 2.75) is 11.8 Å². The van der Waals surface area contributed by atoms with Crippen LogP contribution in [0.4, 0.5) is 0 Å². The molecule has 2 rings (SSSR count). The first-order valence-corrected chi connectivity index (χ1v) is 8.36. The Morgan fingerprint density at radius 1 is 1.29 bits per heavy atom. The van der Waals surface area contributed by atoms with E-state index in [1.54, 1.807) is 44.4 Å². The first-order chi connectivity index (χ1) is 9.98. The average molecular weight is 329 g/mol. The van der Waals surface area contributed by atoms with Crippen LogP contribution in [0.25, 0.3) is 10.9 Å². The van der Waals surface area contributed by atoms with Crippen LogP contribution in [0.1, 0.15) is 6.92 Å². The van der Waals surface area contributed by atoms with E-state index in [4.69, 9.17) is 16.3 Å². The number of pyridine rings is 1. The number of methoxy groups -OCH3 is 1. The largest absolute Gasteiger partial charge is 0.383 e. The Morgan fingerprint density at radius 3 is 2.71 bits per heavy atom. The number of nitrogens with zero attached hydrogens (tertiary/aromatic N) is 2. The maximum Gasteiger partial charge on any atom is 0.243 e. The van der Waals surface area contributed by atoms with E-state index >= 15 is 0 Å². The van der Waals surface area contributed by atoms with Crippen molar-refractivity contribution in [3.05, 3.63) is 35.5 Å². The number of hydrogen-bond donors (Lipinski definition) is 0. The summed E-state index contributed by atoms with van der Waals surface area (Å²) in [6.45, 7) is 2.88. The third-order valence-corrected chi connectivity index (χ3v) is 5.34. The zero-order valence-corrected chi connectivity index (χ0v) is 13.5. The molecule has 0 spiro atoms. The van der Waals surface area contributed by atoms with Gasteiger partial charge in [0.2, 0.25) is 10.0 Å². The number of hydrogen-bond acceptors (Lipinski definition) is 4. The molecule has 114 valence electrons. The maximum absolute atomic E-state index is 12.6. The smallest absolute Gasteiger partial charge is 0.243 e. The number of fused-ring (bicyclic) bond motifs is 1. The highest BCUT2D eigenvalue weighted by molar-refractivity contribution is 7.89. The highest BCUT2D eigenvalue weighted by atomic mass is 35.5. The van der Waals surface area contributed by atoms with Gasteiger partial charge in [-0.25, -0.2) is 13.4 Å². The summed E-state index contributed by atoms with van der Waals surface area (Å²) in [7, 11) is -1.98. The van der Waals surface area contributed by atoms with E-state index < -0.39 is 10.0 Å². The molecule has 2 aromatic rings. The first-order valence-electron chi connectivity index (χ1n) is 6.54. The summed E-state index contributed by atoms with van der Waals surface area (Å²) in [6.07, 6.45) is 0. The lowest BCUT2D eigenvalue weighted by Crippen LogP contribution is -2.33. The van der Waals surface area contributed by atoms with Crippen molar-refractivity contribution in [3.8, 4) is 0 Å². The number of benzene rings is 1. The second-order valence-electron chi connectivity index (χ2n) is 4.48. The van der Waals surface area contributed by atoms with Crippen molar-refractivity contribution in [3.63, 3.8) is 0 Å². The van der Waals surface area contributed by atoms with E-state index in [9.17, 15) is 8.42 Å². The van der Waals surface area contributed by atoms with Crippen LogP contribution in [-0.2, 0) is 14.8 Å². The molecule has 0 amide bonds. The molecular formula is C14H17ClN2O3S. The molecule has 5 nitrogen and oxygen atoms in total. The molecule has 0 radical (unpaired) electrons. The number of likely N-dealkylation sites (N-methyl/N-ethyl adjacent to an activating group) is 1. The van der Waals surface area contributed by atoms with E-state index in [0.29, 0.717) is 30.4 Å². The summed E-state index contributed by atoms with van der Waals surface area (Å²) in [5, 5.41) is 1.12. The Bertz CT molecular complexity index is 734. The summed E-state index contributed by atoms with van der Waals surface area (Å²) in [5.74, 6) is 0. The van der Waals surface area contributed by atoms with E-state index in [2.05, 4.69) is 4.98 Å². The van der Waals surface area contributed by atoms with Crippen LogP contribution < -0.4 is 0 Å². The van der Waals surface area contributed by atoms with Crippen LogP contribution in [0, 0.1) is 0 Å². The summed E-state index contributed by atoms with van der Waals surface area (Å²) in [6, 6.07) is 8.23. The zero-order valence-electron chi connectivity index (χ0n) is 11.9. The second-order valence-corrected chi connectivity index (χ2v) is 6.80. The van der Waals surface area contributed by atoms with Crippen LogP contribution in [-0.4, -0.2) is 44.5 Å². The van der Waals surface area contributed by atoms with Gasteiger partial charge in [0, 0.05) is 25.6 Å². The molecule has 0 aliphatic rings. The van der Waals surface area contributed by atoms with Gasteiger partial charge in [0.1, 0.15) is 5.15 Å². The molecular weight excluding hydrogens is 312 g/mol. The monoisotopic (exact) mass is 328 g/mol. The summed E-state index contributed by atoms with van der Waals surface area (Å²) >= 11 is 5.83. The van der Waals surface area contributed by atoms with Gasteiger partial charge in [-0.2, -0.15) is 4.31 Å². The van der Waals surface area contributed by atoms with Gasteiger partial charge < -0.3 is 4.74 Å². The lowest BCUT2D eigenvalue weighted by molar-refractivity contribution is 0.180. The zero-order chi connectivity index (χ0) is 15.5. The van der Waals surface area contributed by atoms with Gasteiger partial charge in [0.05, 0.1) is 17.0 Å². The minimum atomic E-state index is -3.53. The molecule has 0 fully saturated rings. The minimum Gasteiger partial charge on any atom is -0.383 e. The SMILES string of the molecule is CCN(CCOC)S(=O)(=O)c1ccc2nc(Cl)ccc2c1. The van der Waals surface area contributed by atoms with Crippen molar-refractivity contribution >= 4 is 32.5 Å². The topological polar surface area (TPSA) is 59.5 Å². The lowest BCUT2D eigenvalue weighted by Gasteiger charge is -2.20. The quantitative estimate of drug-likeness (QED) is 0.765. The predicted octanol–water partition coefficient (Wildman–Crippen LogP) is 2.55. The van der Waals surface area contributed by atoms with Crippen LogP contribution in [0.5, 0.6) is 0 Å². The predicted molar refractivity (Wildman–Crippen MR) is 83.1 cm³/mol. The molecule has 0 saturated carbocycles. The molecule has 0 saturated heterocycles. The van der Waals surface area contributed by atoms with Crippen LogP contribution in [0.2, 0.25) is 5.15 Å². The molecule has 0 atom stereocenters. The van der Waals surface area contributed by atoms with Gasteiger partial charge in [0.15, 0.2) is 0 Å². The molecule has 1 aromatic heterocycles. The van der Waals surface area contributed by atoms with Crippen molar-refractivity contribution in [1.29, 1.82) is 0 Å². The molecule has 1 heterocycles. The highest BCUT2D eigenvalue weighted by Gasteiger charge is 2.23. The Kier molecular flexibility index (Phi) is 5.16. The lowest BCUT2D eigenvalue weighted by atomic mass is 10.2. The summed E-state index contributed by atoms with van der Waals surface area (Å²) < 4.78 is 31.6. The molecule has 1 aromatic carbocycles. The fraction of sp³-hybridized carbons (Fsp3) is 0.357. The van der Waals surface area contributed by atoms with Crippen molar-refractivity contribution in [2.75, 3.05) is 26.8 Å². The number of aromatic nitrogens is 1. The van der Waals surface area contributed by atoms with E-state index in [1.165, 1.54) is 4.31 Å². The maximum atomic E-state index is 12.6. The number of ether oxygens (including phenoxy) is 1. The molecule has 0 aliphatic carbocycles. The second kappa shape index (κ2) is 6.70. The van der Waals surface area contributed by atoms with Gasteiger partial charge >= 0.3 is 0 Å². The Hall–Kier alpha value is -1.21. The number of rotatable bonds is 6. The van der Waals surface area contributed by atoms with Gasteiger partial charge in [-0.05, 0) is 30.3 Å². The van der Waals surface area contributed by atoms with Gasteiger partial charge in [-0.3, -0.25) is 0 Å². The Morgan fingerprint density at radius 2 is 2.05 bits per heavy atom. The van der Waals surface area contributed by atoms with Crippen molar-refractivity contribution < 1.29 is 13.2 Å². The fourth-order valence-electron chi connectivity index (χ4n) is 2.03. The van der Waals surface area contributed by atoms with Gasteiger partial charge in [0.25, 0.3) is 0 Å². The normalized spacial score (nSPS) is 12.2. The van der Waals surface area contributed by atoms with Crippen molar-refractivity contribution in [1.82, 2.24) is 9.29 Å². The third-order valence-electron chi connectivity index (χ3n) is 3.16. The van der Waals surface area contributed by atoms with Crippen LogP contribution >= 0.6 is 11.6 Å². The minimum absolute atomic E-state index is 0.247. The van der Waals surface area contributed by atoms with Crippen LogP contribution in [0.15, 0.2) is 35.2 Å². The van der Waals surface area contributed by atoms with E-state index in [0.717, 1.165) is 5.39 Å². The summed E-state index contributed by atoms with van der Waals surface area (Å²) in [5.41, 5.74) is 0.668. The van der Waals surface area contributed by atoms with Gasteiger partial charge in [-0.1, -0.05) is 18.5 Å². The molecule has 0 aliphatic heterocycles. The number of sulfonamides is 1. The Balaban J connectivity index is 2.41. The first kappa shape index (κ1) is 16.2. The van der Waals surface area contributed by atoms with Crippen LogP contribution in [0.3, 0.4) is 0 Å². The molecule has 0 N–H and O–H groups in total. The highest BCUT2D eigenvalue weighted by Crippen LogP contribution is 2.22. The standard InChI is InChI=1S/C14H17ClN2O3S/c1-3-17(8-9-20-2)21(18,19)12-5-6-13-11(10-12)4-7-14(15)16-13/h4-7,10H,3,8-9H2,1-2H3.